The van der Waals surface area contributed by atoms with Crippen molar-refractivity contribution < 1.29 is 23.9 Å². The Morgan fingerprint density at radius 2 is 1.76 bits per heavy atom. The van der Waals surface area contributed by atoms with Crippen LogP contribution in [0.1, 0.15) is 29.0 Å². The summed E-state index contributed by atoms with van der Waals surface area (Å²) >= 11 is 0. The number of fused-ring (bicyclic) bond motifs is 1. The van der Waals surface area contributed by atoms with E-state index in [2.05, 4.69) is 17.3 Å². The minimum Gasteiger partial charge on any atom is -0.478 e. The molecule has 3 aliphatic carbocycles. The molecule has 2 aromatic rings. The van der Waals surface area contributed by atoms with E-state index < -0.39 is 5.97 Å². The third kappa shape index (κ3) is 2.81. The van der Waals surface area contributed by atoms with E-state index in [4.69, 9.17) is 9.52 Å². The lowest BCUT2D eigenvalue weighted by molar-refractivity contribution is -0.140. The van der Waals surface area contributed by atoms with Crippen LogP contribution in [0.5, 0.6) is 0 Å². The van der Waals surface area contributed by atoms with Crippen molar-refractivity contribution in [2.24, 2.45) is 28.8 Å². The largest absolute Gasteiger partial charge is 0.478 e. The average molecular weight is 390 g/mol. The number of carboxylic acids is 1. The van der Waals surface area contributed by atoms with E-state index in [1.807, 2.05) is 0 Å². The fourth-order valence-corrected chi connectivity index (χ4v) is 4.67. The smallest absolute Gasteiger partial charge is 0.335 e. The van der Waals surface area contributed by atoms with Crippen LogP contribution in [0.25, 0.3) is 11.3 Å². The van der Waals surface area contributed by atoms with Crippen molar-refractivity contribution in [2.75, 3.05) is 0 Å². The predicted octanol–water partition coefficient (Wildman–Crippen LogP) is 3.18. The quantitative estimate of drug-likeness (QED) is 0.491. The second-order valence-electron chi connectivity index (χ2n) is 7.66. The number of furan rings is 1. The highest BCUT2D eigenvalue weighted by atomic mass is 16.4. The van der Waals surface area contributed by atoms with Crippen LogP contribution in [-0.4, -0.2) is 34.1 Å². The van der Waals surface area contributed by atoms with E-state index in [-0.39, 0.29) is 41.0 Å². The van der Waals surface area contributed by atoms with Gasteiger partial charge in [0.05, 0.1) is 23.6 Å². The molecule has 4 atom stereocenters. The average Bonchev–Trinajstić information content (AvgIpc) is 3.32. The molecule has 29 heavy (non-hydrogen) atoms. The number of carbonyl (C=O) groups is 3. The van der Waals surface area contributed by atoms with Crippen LogP contribution in [0.4, 0.5) is 0 Å². The topological polar surface area (TPSA) is 100 Å². The Hall–Kier alpha value is -3.48. The summed E-state index contributed by atoms with van der Waals surface area (Å²) in [5.41, 5.74) is 0.778. The molecule has 1 saturated heterocycles. The molecule has 7 heteroatoms. The van der Waals surface area contributed by atoms with Crippen LogP contribution in [0.2, 0.25) is 0 Å². The summed E-state index contributed by atoms with van der Waals surface area (Å²) in [6.45, 7) is 0. The third-order valence-electron chi connectivity index (χ3n) is 6.06. The van der Waals surface area contributed by atoms with Crippen LogP contribution in [0, 0.1) is 23.7 Å². The van der Waals surface area contributed by atoms with Gasteiger partial charge in [-0.1, -0.05) is 24.3 Å². The zero-order valence-corrected chi connectivity index (χ0v) is 15.4. The van der Waals surface area contributed by atoms with E-state index in [1.54, 1.807) is 24.3 Å². The van der Waals surface area contributed by atoms with Crippen molar-refractivity contribution >= 4 is 24.0 Å². The molecule has 146 valence electrons. The molecule has 7 nitrogen and oxygen atoms in total. The highest BCUT2D eigenvalue weighted by molar-refractivity contribution is 6.06. The van der Waals surface area contributed by atoms with Crippen LogP contribution in [0.15, 0.2) is 58.1 Å². The second-order valence-corrected chi connectivity index (χ2v) is 7.66. The second kappa shape index (κ2) is 6.55. The van der Waals surface area contributed by atoms with E-state index in [9.17, 15) is 14.4 Å². The Morgan fingerprint density at radius 3 is 2.38 bits per heavy atom. The van der Waals surface area contributed by atoms with Gasteiger partial charge in [-0.05, 0) is 48.9 Å². The molecule has 0 spiro atoms. The van der Waals surface area contributed by atoms with E-state index in [0.717, 1.165) is 17.9 Å². The fraction of sp³-hybridized carbons (Fsp3) is 0.273. The number of carbonyl (C=O) groups excluding carboxylic acids is 2. The summed E-state index contributed by atoms with van der Waals surface area (Å²) in [5, 5.41) is 14.2. The van der Waals surface area contributed by atoms with Gasteiger partial charge >= 0.3 is 5.97 Å². The number of nitrogens with zero attached hydrogens (tertiary/aromatic N) is 2. The normalized spacial score (nSPS) is 27.8. The van der Waals surface area contributed by atoms with Crippen molar-refractivity contribution in [3.05, 3.63) is 59.9 Å². The maximum absolute atomic E-state index is 12.8. The molecule has 6 rings (SSSR count). The van der Waals surface area contributed by atoms with Gasteiger partial charge in [-0.15, -0.1) is 0 Å². The number of allylic oxidation sites excluding steroid dienone is 2. The molecular weight excluding hydrogens is 372 g/mol. The number of amides is 2. The van der Waals surface area contributed by atoms with Crippen molar-refractivity contribution in [3.8, 4) is 11.3 Å². The number of hydrazone groups is 1. The number of hydrogen-bond donors (Lipinski definition) is 1. The van der Waals surface area contributed by atoms with Gasteiger partial charge in [0.15, 0.2) is 0 Å². The van der Waals surface area contributed by atoms with Crippen molar-refractivity contribution in [3.63, 3.8) is 0 Å². The number of imide groups is 1. The zero-order chi connectivity index (χ0) is 20.1. The van der Waals surface area contributed by atoms with Gasteiger partial charge in [0.25, 0.3) is 11.8 Å². The molecule has 0 unspecified atom stereocenters. The summed E-state index contributed by atoms with van der Waals surface area (Å²) < 4.78 is 5.70. The van der Waals surface area contributed by atoms with E-state index >= 15 is 0 Å². The molecule has 2 bridgehead atoms. The van der Waals surface area contributed by atoms with Gasteiger partial charge in [-0.2, -0.15) is 10.1 Å². The third-order valence-corrected chi connectivity index (χ3v) is 6.06. The van der Waals surface area contributed by atoms with Crippen molar-refractivity contribution in [2.45, 2.75) is 12.8 Å². The molecule has 1 saturated carbocycles. The van der Waals surface area contributed by atoms with Gasteiger partial charge in [-0.25, -0.2) is 4.79 Å². The lowest BCUT2D eigenvalue weighted by atomic mass is 9.63. The Morgan fingerprint density at radius 1 is 1.07 bits per heavy atom. The first-order chi connectivity index (χ1) is 14.0. The molecule has 1 aromatic carbocycles. The van der Waals surface area contributed by atoms with Crippen LogP contribution in [-0.2, 0) is 9.59 Å². The van der Waals surface area contributed by atoms with E-state index in [0.29, 0.717) is 17.1 Å². The van der Waals surface area contributed by atoms with Gasteiger partial charge in [0.1, 0.15) is 11.5 Å². The first-order valence-electron chi connectivity index (χ1n) is 9.56. The van der Waals surface area contributed by atoms with Gasteiger partial charge in [0, 0.05) is 5.56 Å². The monoisotopic (exact) mass is 390 g/mol. The molecule has 0 radical (unpaired) electrons. The first kappa shape index (κ1) is 17.6. The summed E-state index contributed by atoms with van der Waals surface area (Å²) in [6, 6.07) is 9.76. The molecule has 4 aliphatic rings. The summed E-state index contributed by atoms with van der Waals surface area (Å²) in [7, 11) is 0. The van der Waals surface area contributed by atoms with E-state index in [1.165, 1.54) is 18.3 Å². The zero-order valence-electron chi connectivity index (χ0n) is 15.4. The van der Waals surface area contributed by atoms with Crippen molar-refractivity contribution in [1.82, 2.24) is 5.01 Å². The Labute approximate surface area is 166 Å². The highest BCUT2D eigenvalue weighted by Crippen LogP contribution is 2.49. The number of aromatic carboxylic acids is 1. The maximum atomic E-state index is 12.8. The standard InChI is InChI=1S/C22H18N2O5/c25-20-18-12-4-5-13(7-6-12)19(18)21(26)24(20)23-11-16-8-9-17(29-16)14-2-1-3-15(10-14)22(27)28/h1-5,8-13,18-19H,6-7H2,(H,27,28)/b23-11-/t12-,13-,18+,19+/m0/s1. The predicted molar refractivity (Wildman–Crippen MR) is 103 cm³/mol. The van der Waals surface area contributed by atoms with Crippen LogP contribution in [0.3, 0.4) is 0 Å². The SMILES string of the molecule is O=C(O)c1cccc(-c2ccc(/C=N\N3C(=O)[C@H]4[C@H](C3=O)[C@H]3C=C[C@H]4CC3)o2)c1. The van der Waals surface area contributed by atoms with Crippen LogP contribution >= 0.6 is 0 Å². The number of benzene rings is 1. The number of rotatable bonds is 4. The minimum atomic E-state index is -1.02. The number of hydrogen-bond acceptors (Lipinski definition) is 5. The van der Waals surface area contributed by atoms with Gasteiger partial charge < -0.3 is 9.52 Å². The van der Waals surface area contributed by atoms with Crippen molar-refractivity contribution in [1.29, 1.82) is 0 Å². The fourth-order valence-electron chi connectivity index (χ4n) is 4.67. The molecule has 2 fully saturated rings. The molecule has 2 heterocycles. The molecular formula is C22H18N2O5. The first-order valence-corrected chi connectivity index (χ1v) is 9.56. The highest BCUT2D eigenvalue weighted by Gasteiger charge is 2.56. The summed E-state index contributed by atoms with van der Waals surface area (Å²) in [4.78, 5) is 36.7. The molecule has 1 aromatic heterocycles. The Kier molecular flexibility index (Phi) is 3.97. The minimum absolute atomic E-state index is 0.123. The van der Waals surface area contributed by atoms with Gasteiger partial charge in [-0.3, -0.25) is 9.59 Å². The molecule has 1 N–H and O–H groups in total. The summed E-state index contributed by atoms with van der Waals surface area (Å²) in [5.74, 6) is -0.995. The Bertz CT molecular complexity index is 1050. The molecule has 2 amide bonds. The van der Waals surface area contributed by atoms with Gasteiger partial charge in [0.2, 0.25) is 0 Å². The lowest BCUT2D eigenvalue weighted by Crippen LogP contribution is -2.38. The number of carboxylic acid groups (broad SMARTS) is 1. The Balaban J connectivity index is 1.37. The van der Waals surface area contributed by atoms with Crippen LogP contribution < -0.4 is 0 Å². The maximum Gasteiger partial charge on any atom is 0.335 e. The summed E-state index contributed by atoms with van der Waals surface area (Å²) in [6.07, 6.45) is 7.37. The lowest BCUT2D eigenvalue weighted by Gasteiger charge is -2.37. The molecule has 1 aliphatic heterocycles.